The molecule has 1 heterocycles. The van der Waals surface area contributed by atoms with E-state index in [0.717, 1.165) is 35.2 Å². The fraction of sp³-hybridized carbons (Fsp3) is 0.200. The van der Waals surface area contributed by atoms with E-state index in [2.05, 4.69) is 5.32 Å². The summed E-state index contributed by atoms with van der Waals surface area (Å²) in [5.74, 6) is 0. The zero-order chi connectivity index (χ0) is 20.9. The van der Waals surface area contributed by atoms with Crippen LogP contribution in [0.5, 0.6) is 0 Å². The van der Waals surface area contributed by atoms with Gasteiger partial charge >= 0.3 is 0 Å². The minimum atomic E-state index is -1.67. The minimum Gasteiger partial charge on any atom is -0.313 e. The lowest BCUT2D eigenvalue weighted by atomic mass is 10.1. The number of rotatable bonds is 4. The third-order valence-electron chi connectivity index (χ3n) is 5.04. The van der Waals surface area contributed by atoms with E-state index in [1.165, 1.54) is 12.1 Å². The Balaban J connectivity index is 1.96. The second-order valence-electron chi connectivity index (χ2n) is 6.69. The van der Waals surface area contributed by atoms with Crippen molar-refractivity contribution in [2.75, 3.05) is 7.05 Å². The molecule has 3 aromatic rings. The summed E-state index contributed by atoms with van der Waals surface area (Å²) in [7, 11) is 0.247. The van der Waals surface area contributed by atoms with E-state index in [0.29, 0.717) is 20.0 Å². The van der Waals surface area contributed by atoms with Crippen LogP contribution in [0.2, 0.25) is 25.1 Å². The maximum absolute atomic E-state index is 13.6. The van der Waals surface area contributed by atoms with Crippen LogP contribution in [-0.4, -0.2) is 15.2 Å². The first-order valence-electron chi connectivity index (χ1n) is 8.75. The quantitative estimate of drug-likeness (QED) is 0.378. The predicted molar refractivity (Wildman–Crippen MR) is 123 cm³/mol. The van der Waals surface area contributed by atoms with Gasteiger partial charge in [0.1, 0.15) is 0 Å². The maximum Gasteiger partial charge on any atom is 0.158 e. The second kappa shape index (κ2) is 8.43. The molecule has 1 aliphatic rings. The Hall–Kier alpha value is -0.720. The molecule has 0 spiro atoms. The van der Waals surface area contributed by atoms with Gasteiger partial charge in [-0.05, 0) is 61.3 Å². The maximum atomic E-state index is 13.6. The molecule has 0 saturated heterocycles. The lowest BCUT2D eigenvalue weighted by Gasteiger charge is -2.14. The highest BCUT2D eigenvalue weighted by atomic mass is 35.5. The molecule has 29 heavy (non-hydrogen) atoms. The number of fused-ring (bicyclic) bond motifs is 1. The Kier molecular flexibility index (Phi) is 6.25. The smallest absolute Gasteiger partial charge is 0.158 e. The topological polar surface area (TPSA) is 34.0 Å². The fourth-order valence-electron chi connectivity index (χ4n) is 3.68. The summed E-state index contributed by atoms with van der Waals surface area (Å²) in [6.45, 7) is 0. The van der Waals surface area contributed by atoms with Crippen LogP contribution in [0.3, 0.4) is 0 Å². The van der Waals surface area contributed by atoms with Crippen molar-refractivity contribution in [1.82, 2.24) is 9.29 Å². The van der Waals surface area contributed by atoms with Gasteiger partial charge in [-0.15, -0.1) is 0 Å². The summed E-state index contributed by atoms with van der Waals surface area (Å²) in [6, 6.07) is 8.46. The molecule has 1 aliphatic carbocycles. The van der Waals surface area contributed by atoms with Crippen molar-refractivity contribution in [3.05, 3.63) is 72.8 Å². The number of halogens is 5. The summed E-state index contributed by atoms with van der Waals surface area (Å²) in [4.78, 5) is 0.371. The van der Waals surface area contributed by atoms with Crippen molar-refractivity contribution < 1.29 is 4.21 Å². The highest BCUT2D eigenvalue weighted by Gasteiger charge is 2.31. The van der Waals surface area contributed by atoms with Crippen LogP contribution in [0.1, 0.15) is 23.6 Å². The highest BCUT2D eigenvalue weighted by Crippen LogP contribution is 2.43. The number of benzene rings is 2. The van der Waals surface area contributed by atoms with E-state index in [1.54, 1.807) is 22.2 Å². The number of hydrogen-bond acceptors (Lipinski definition) is 2. The second-order valence-corrected chi connectivity index (χ2v) is 10.1. The zero-order valence-corrected chi connectivity index (χ0v) is 19.7. The van der Waals surface area contributed by atoms with Crippen molar-refractivity contribution in [3.63, 3.8) is 0 Å². The lowest BCUT2D eigenvalue weighted by molar-refractivity contribution is 0.587. The summed E-state index contributed by atoms with van der Waals surface area (Å²) in [5, 5.41) is 5.26. The monoisotopic (exact) mass is 506 g/mol. The van der Waals surface area contributed by atoms with E-state index in [4.69, 9.17) is 58.0 Å². The Bertz CT molecular complexity index is 1140. The van der Waals surface area contributed by atoms with Crippen molar-refractivity contribution in [2.45, 2.75) is 23.8 Å². The third-order valence-corrected chi connectivity index (χ3v) is 8.11. The molecule has 152 valence electrons. The van der Waals surface area contributed by atoms with E-state index in [-0.39, 0.29) is 16.1 Å². The van der Waals surface area contributed by atoms with E-state index < -0.39 is 11.0 Å². The molecule has 0 amide bonds. The van der Waals surface area contributed by atoms with E-state index in [9.17, 15) is 4.21 Å². The summed E-state index contributed by atoms with van der Waals surface area (Å²) < 4.78 is 15.3. The molecule has 1 aromatic heterocycles. The van der Waals surface area contributed by atoms with Crippen LogP contribution in [0.4, 0.5) is 0 Å². The van der Waals surface area contributed by atoms with Gasteiger partial charge in [-0.2, -0.15) is 0 Å². The Labute approximate surface area is 196 Å². The Morgan fingerprint density at radius 2 is 1.72 bits per heavy atom. The van der Waals surface area contributed by atoms with Crippen molar-refractivity contribution in [2.24, 2.45) is 0 Å². The zero-order valence-electron chi connectivity index (χ0n) is 15.1. The van der Waals surface area contributed by atoms with Crippen molar-refractivity contribution in [1.29, 1.82) is 0 Å². The number of hydrogen-bond donors (Lipinski definition) is 1. The molecule has 0 aliphatic heterocycles. The van der Waals surface area contributed by atoms with E-state index in [1.807, 2.05) is 13.2 Å². The first-order valence-corrected chi connectivity index (χ1v) is 11.7. The van der Waals surface area contributed by atoms with Crippen LogP contribution in [0.25, 0.3) is 11.3 Å². The normalized spacial score (nSPS) is 16.8. The first kappa shape index (κ1) is 21.5. The molecule has 0 bridgehead atoms. The van der Waals surface area contributed by atoms with Gasteiger partial charge in [0.2, 0.25) is 0 Å². The molecule has 9 heteroatoms. The molecule has 0 fully saturated rings. The molecule has 4 rings (SSSR count). The third kappa shape index (κ3) is 3.85. The van der Waals surface area contributed by atoms with Crippen LogP contribution in [-0.2, 0) is 17.4 Å². The molecule has 0 saturated carbocycles. The Morgan fingerprint density at radius 1 is 1.00 bits per heavy atom. The molecular formula is C20H15Cl5N2OS. The van der Waals surface area contributed by atoms with Gasteiger partial charge in [-0.3, -0.25) is 3.97 Å². The SMILES string of the molecule is CNC1CCc2c1cn(S(=O)c1cc(Cl)c(Cl)cc1Cl)c2-c1cc(Cl)ccc1Cl. The summed E-state index contributed by atoms with van der Waals surface area (Å²) >= 11 is 31.3. The predicted octanol–water partition coefficient (Wildman–Crippen LogP) is 7.20. The average molecular weight is 509 g/mol. The van der Waals surface area contributed by atoms with E-state index >= 15 is 0 Å². The van der Waals surface area contributed by atoms with Crippen LogP contribution < -0.4 is 5.32 Å². The van der Waals surface area contributed by atoms with Gasteiger partial charge in [0.25, 0.3) is 0 Å². The van der Waals surface area contributed by atoms with Crippen molar-refractivity contribution >= 4 is 69.0 Å². The molecule has 0 radical (unpaired) electrons. The molecule has 3 nitrogen and oxygen atoms in total. The van der Waals surface area contributed by atoms with Crippen LogP contribution >= 0.6 is 58.0 Å². The summed E-state index contributed by atoms with van der Waals surface area (Å²) in [6.07, 6.45) is 3.68. The Morgan fingerprint density at radius 3 is 2.45 bits per heavy atom. The van der Waals surface area contributed by atoms with Gasteiger partial charge in [-0.1, -0.05) is 58.0 Å². The van der Waals surface area contributed by atoms with Crippen molar-refractivity contribution in [3.8, 4) is 11.3 Å². The van der Waals surface area contributed by atoms with Crippen LogP contribution in [0.15, 0.2) is 41.4 Å². The minimum absolute atomic E-state index is 0.171. The van der Waals surface area contributed by atoms with Gasteiger partial charge in [0.15, 0.2) is 11.0 Å². The number of aromatic nitrogens is 1. The lowest BCUT2D eigenvalue weighted by Crippen LogP contribution is -2.13. The van der Waals surface area contributed by atoms with Gasteiger partial charge in [-0.25, -0.2) is 4.21 Å². The first-order chi connectivity index (χ1) is 13.8. The molecule has 1 N–H and O–H groups in total. The molecule has 2 atom stereocenters. The standard InChI is InChI=1S/C20H15Cl5N2OS/c1-26-18-5-3-11-13(18)9-27(20(11)12-6-10(21)2-4-14(12)22)29(28)19-8-16(24)15(23)7-17(19)25/h2,4,6-9,18,26H,3,5H2,1H3. The molecular weight excluding hydrogens is 494 g/mol. The molecule has 2 unspecified atom stereocenters. The number of nitrogens with zero attached hydrogens (tertiary/aromatic N) is 1. The van der Waals surface area contributed by atoms with Gasteiger partial charge in [0, 0.05) is 22.8 Å². The summed E-state index contributed by atoms with van der Waals surface area (Å²) in [5.41, 5.74) is 3.67. The van der Waals surface area contributed by atoms with Gasteiger partial charge in [0.05, 0.1) is 30.7 Å². The highest BCUT2D eigenvalue weighted by molar-refractivity contribution is 7.83. The van der Waals surface area contributed by atoms with Crippen LogP contribution in [0, 0.1) is 0 Å². The molecule has 2 aromatic carbocycles. The average Bonchev–Trinajstić information content (AvgIpc) is 3.25. The largest absolute Gasteiger partial charge is 0.313 e. The fourth-order valence-corrected chi connectivity index (χ4v) is 6.11. The number of nitrogens with one attached hydrogen (secondary N) is 1. The van der Waals surface area contributed by atoms with Gasteiger partial charge < -0.3 is 5.32 Å².